The number of nitrogens with zero attached hydrogens (tertiary/aromatic N) is 4. The number of anilines is 1. The second-order valence-electron chi connectivity index (χ2n) is 8.80. The van der Waals surface area contributed by atoms with Crippen LogP contribution in [-0.4, -0.2) is 65.6 Å². The summed E-state index contributed by atoms with van der Waals surface area (Å²) >= 11 is 0. The van der Waals surface area contributed by atoms with E-state index in [1.165, 1.54) is 10.9 Å². The third-order valence-corrected chi connectivity index (χ3v) is 5.99. The first-order valence-corrected chi connectivity index (χ1v) is 10.7. The fraction of sp³-hybridized carbons (Fsp3) is 0.700. The van der Waals surface area contributed by atoms with Gasteiger partial charge in [-0.05, 0) is 38.0 Å². The molecule has 0 aromatic carbocycles. The normalized spacial score (nSPS) is 26.0. The zero-order valence-corrected chi connectivity index (χ0v) is 17.6. The molecule has 0 spiro atoms. The molecule has 0 radical (unpaired) electrons. The number of fused-ring (bicyclic) bond motifs is 1. The molecular weight excluding hydrogens is 404 g/mol. The van der Waals surface area contributed by atoms with Gasteiger partial charge in [0.25, 0.3) is 5.91 Å². The summed E-state index contributed by atoms with van der Waals surface area (Å²) in [5, 5.41) is 33.3. The van der Waals surface area contributed by atoms with E-state index in [4.69, 9.17) is 10.5 Å². The van der Waals surface area contributed by atoms with E-state index in [9.17, 15) is 20.1 Å². The third-order valence-electron chi connectivity index (χ3n) is 5.99. The Kier molecular flexibility index (Phi) is 6.11. The van der Waals surface area contributed by atoms with Crippen LogP contribution >= 0.6 is 0 Å². The molecule has 2 fully saturated rings. The van der Waals surface area contributed by atoms with Gasteiger partial charge in [0.15, 0.2) is 23.4 Å². The molecule has 2 aromatic rings. The quantitative estimate of drug-likeness (QED) is 0.377. The minimum atomic E-state index is -1.37. The van der Waals surface area contributed by atoms with Gasteiger partial charge in [0.05, 0.1) is 12.9 Å². The number of ether oxygens (including phenoxy) is 1. The van der Waals surface area contributed by atoms with Crippen LogP contribution in [0.4, 0.5) is 5.82 Å². The van der Waals surface area contributed by atoms with Crippen LogP contribution in [0, 0.1) is 5.92 Å². The molecular formula is C20H30N6O5. The molecule has 6 N–H and O–H groups in total. The summed E-state index contributed by atoms with van der Waals surface area (Å²) in [5.41, 5.74) is 5.67. The lowest BCUT2D eigenvalue weighted by Crippen LogP contribution is -2.46. The molecule has 4 atom stereocenters. The van der Waals surface area contributed by atoms with Gasteiger partial charge in [-0.25, -0.2) is 15.0 Å². The van der Waals surface area contributed by atoms with Gasteiger partial charge in [0, 0.05) is 6.04 Å². The molecule has 4 rings (SSSR count). The largest absolute Gasteiger partial charge is 0.394 e. The molecule has 0 bridgehead atoms. The van der Waals surface area contributed by atoms with Crippen molar-refractivity contribution in [2.24, 2.45) is 5.92 Å². The predicted octanol–water partition coefficient (Wildman–Crippen LogP) is -0.219. The van der Waals surface area contributed by atoms with E-state index in [2.05, 4.69) is 27.2 Å². The highest BCUT2D eigenvalue weighted by Crippen LogP contribution is 2.39. The van der Waals surface area contributed by atoms with E-state index in [0.717, 1.165) is 25.7 Å². The van der Waals surface area contributed by atoms with E-state index >= 15 is 0 Å². The van der Waals surface area contributed by atoms with Crippen molar-refractivity contribution in [1.29, 1.82) is 0 Å². The highest BCUT2D eigenvalue weighted by Gasteiger charge is 2.38. The average molecular weight is 434 g/mol. The molecule has 31 heavy (non-hydrogen) atoms. The van der Waals surface area contributed by atoms with Gasteiger partial charge in [0.1, 0.15) is 24.0 Å². The minimum Gasteiger partial charge on any atom is -0.394 e. The van der Waals surface area contributed by atoms with Crippen LogP contribution in [0.1, 0.15) is 51.3 Å². The molecule has 2 saturated carbocycles. The van der Waals surface area contributed by atoms with Crippen LogP contribution in [0.15, 0.2) is 6.33 Å². The first-order chi connectivity index (χ1) is 14.8. The minimum absolute atomic E-state index is 0.0901. The van der Waals surface area contributed by atoms with Crippen molar-refractivity contribution in [3.05, 3.63) is 12.2 Å². The van der Waals surface area contributed by atoms with E-state index in [-0.39, 0.29) is 24.4 Å². The molecule has 170 valence electrons. The number of aromatic nitrogens is 4. The number of hydrogen-bond donors (Lipinski definition) is 5. The Morgan fingerprint density at radius 3 is 2.87 bits per heavy atom. The average Bonchev–Trinajstić information content (AvgIpc) is 3.44. The Bertz CT molecular complexity index is 948. The van der Waals surface area contributed by atoms with Crippen molar-refractivity contribution in [1.82, 2.24) is 24.8 Å². The summed E-state index contributed by atoms with van der Waals surface area (Å²) < 4.78 is 7.18. The van der Waals surface area contributed by atoms with Crippen molar-refractivity contribution < 1.29 is 24.9 Å². The first kappa shape index (κ1) is 21.9. The number of imidazole rings is 1. The number of aliphatic hydroxyl groups excluding tert-OH is 2. The highest BCUT2D eigenvalue weighted by atomic mass is 16.5. The molecule has 2 aliphatic rings. The highest BCUT2D eigenvalue weighted by molar-refractivity contribution is 5.82. The van der Waals surface area contributed by atoms with E-state index < -0.39 is 30.3 Å². The summed E-state index contributed by atoms with van der Waals surface area (Å²) in [5.74, 6) is 0.278. The van der Waals surface area contributed by atoms with Gasteiger partial charge in [-0.15, -0.1) is 0 Å². The van der Waals surface area contributed by atoms with Crippen LogP contribution < -0.4 is 11.1 Å². The van der Waals surface area contributed by atoms with Crippen molar-refractivity contribution in [2.45, 2.75) is 76.0 Å². The van der Waals surface area contributed by atoms with Gasteiger partial charge >= 0.3 is 0 Å². The lowest BCUT2D eigenvalue weighted by molar-refractivity contribution is -0.147. The summed E-state index contributed by atoms with van der Waals surface area (Å²) in [6.07, 6.45) is 3.64. The zero-order valence-electron chi connectivity index (χ0n) is 17.6. The van der Waals surface area contributed by atoms with Crippen molar-refractivity contribution in [2.75, 3.05) is 12.3 Å². The number of hydrogen-bond acceptors (Lipinski definition) is 9. The van der Waals surface area contributed by atoms with E-state index in [0.29, 0.717) is 29.9 Å². The number of rotatable bonds is 8. The second kappa shape index (κ2) is 8.65. The molecule has 11 heteroatoms. The molecule has 2 aromatic heterocycles. The van der Waals surface area contributed by atoms with Gasteiger partial charge in [-0.1, -0.05) is 13.3 Å². The maximum absolute atomic E-state index is 12.4. The number of nitrogens with one attached hydrogen (secondary N) is 1. The van der Waals surface area contributed by atoms with Crippen molar-refractivity contribution in [3.63, 3.8) is 0 Å². The van der Waals surface area contributed by atoms with Gasteiger partial charge in [0.2, 0.25) is 0 Å². The van der Waals surface area contributed by atoms with Crippen LogP contribution in [-0.2, 0) is 21.9 Å². The third kappa shape index (κ3) is 4.64. The van der Waals surface area contributed by atoms with Gasteiger partial charge < -0.3 is 31.1 Å². The Morgan fingerprint density at radius 1 is 1.42 bits per heavy atom. The summed E-state index contributed by atoms with van der Waals surface area (Å²) in [4.78, 5) is 25.5. The summed E-state index contributed by atoms with van der Waals surface area (Å²) in [7, 11) is 0. The van der Waals surface area contributed by atoms with Crippen LogP contribution in [0.2, 0.25) is 0 Å². The fourth-order valence-electron chi connectivity index (χ4n) is 4.12. The SMILES string of the molecule is C[C@@H]1CCCC(O)(c2nc(N)c3ncn(COC(C(=O)NC4CC4)C(O)CO)c3n2)C1. The fourth-order valence-corrected chi connectivity index (χ4v) is 4.12. The first-order valence-electron chi connectivity index (χ1n) is 10.7. The maximum atomic E-state index is 12.4. The molecule has 0 aliphatic heterocycles. The standard InChI is InChI=1S/C20H30N6O5/c1-11-3-2-6-20(30,7-11)19-24-16(21)14-17(25-19)26(9-22-14)10-31-15(13(28)8-27)18(29)23-12-4-5-12/h9,11-13,15,27-28,30H,2-8,10H2,1H3,(H,23,29)(H2,21,24,25)/t11-,13?,15?,20?/m1/s1. The number of nitrogen functional groups attached to an aromatic ring is 1. The number of aliphatic hydroxyl groups is 3. The molecule has 1 amide bonds. The summed E-state index contributed by atoms with van der Waals surface area (Å²) in [6, 6.07) is 0.0901. The van der Waals surface area contributed by atoms with Crippen molar-refractivity contribution >= 4 is 22.9 Å². The smallest absolute Gasteiger partial charge is 0.252 e. The maximum Gasteiger partial charge on any atom is 0.252 e. The molecule has 11 nitrogen and oxygen atoms in total. The predicted molar refractivity (Wildman–Crippen MR) is 110 cm³/mol. The number of nitrogens with two attached hydrogens (primary N) is 1. The van der Waals surface area contributed by atoms with Gasteiger partial charge in [-0.2, -0.15) is 0 Å². The lowest BCUT2D eigenvalue weighted by Gasteiger charge is -2.34. The monoisotopic (exact) mass is 434 g/mol. The zero-order chi connectivity index (χ0) is 22.2. The molecule has 2 aliphatic carbocycles. The number of carbonyl (C=O) groups is 1. The van der Waals surface area contributed by atoms with Crippen molar-refractivity contribution in [3.8, 4) is 0 Å². The molecule has 0 saturated heterocycles. The Balaban J connectivity index is 1.57. The molecule has 2 heterocycles. The summed E-state index contributed by atoms with van der Waals surface area (Å²) in [6.45, 7) is 1.32. The Morgan fingerprint density at radius 2 is 2.19 bits per heavy atom. The lowest BCUT2D eigenvalue weighted by atomic mass is 9.78. The number of carbonyl (C=O) groups excluding carboxylic acids is 1. The topological polar surface area (TPSA) is 169 Å². The van der Waals surface area contributed by atoms with E-state index in [1.54, 1.807) is 0 Å². The second-order valence-corrected chi connectivity index (χ2v) is 8.80. The van der Waals surface area contributed by atoms with E-state index in [1.807, 2.05) is 0 Å². The Hall–Kier alpha value is -2.34. The number of amides is 1. The van der Waals surface area contributed by atoms with Crippen LogP contribution in [0.25, 0.3) is 11.2 Å². The van der Waals surface area contributed by atoms with Crippen LogP contribution in [0.5, 0.6) is 0 Å². The van der Waals surface area contributed by atoms with Gasteiger partial charge in [-0.3, -0.25) is 9.36 Å². The Labute approximate surface area is 179 Å². The van der Waals surface area contributed by atoms with Crippen LogP contribution in [0.3, 0.4) is 0 Å². The molecule has 3 unspecified atom stereocenters.